The number of tetrazole rings is 1. The van der Waals surface area contributed by atoms with Crippen LogP contribution in [0.25, 0.3) is 0 Å². The van der Waals surface area contributed by atoms with E-state index in [9.17, 15) is 0 Å². The summed E-state index contributed by atoms with van der Waals surface area (Å²) < 4.78 is 1.93. The summed E-state index contributed by atoms with van der Waals surface area (Å²) in [6.07, 6.45) is 6.29. The minimum absolute atomic E-state index is 0.431. The monoisotopic (exact) mass is 209 g/mol. The van der Waals surface area contributed by atoms with E-state index in [0.29, 0.717) is 12.6 Å². The highest BCUT2D eigenvalue weighted by Crippen LogP contribution is 2.33. The van der Waals surface area contributed by atoms with Gasteiger partial charge in [0.15, 0.2) is 5.82 Å². The Labute approximate surface area is 90.0 Å². The van der Waals surface area contributed by atoms with E-state index in [-0.39, 0.29) is 0 Å². The fraction of sp³-hybridized carbons (Fsp3) is 0.900. The Morgan fingerprint density at radius 2 is 2.33 bits per heavy atom. The zero-order chi connectivity index (χ0) is 10.7. The lowest BCUT2D eigenvalue weighted by Gasteiger charge is -2.28. The molecule has 2 N–H and O–H groups in total. The SMILES string of the molecule is CCC1CCCC(n2nnnc2CN)C1. The standard InChI is InChI=1S/C10H19N5/c1-2-8-4-3-5-9(6-8)15-10(7-11)12-13-14-15/h8-9H,2-7,11H2,1H3. The van der Waals surface area contributed by atoms with E-state index in [1.165, 1.54) is 32.1 Å². The molecule has 0 amide bonds. The summed E-state index contributed by atoms with van der Waals surface area (Å²) in [5.74, 6) is 1.65. The zero-order valence-corrected chi connectivity index (χ0v) is 9.26. The third kappa shape index (κ3) is 2.17. The molecule has 84 valence electrons. The summed E-state index contributed by atoms with van der Waals surface area (Å²) in [4.78, 5) is 0. The summed E-state index contributed by atoms with van der Waals surface area (Å²) >= 11 is 0. The first-order valence-corrected chi connectivity index (χ1v) is 5.82. The van der Waals surface area contributed by atoms with Crippen molar-refractivity contribution in [2.24, 2.45) is 11.7 Å². The molecule has 15 heavy (non-hydrogen) atoms. The molecule has 2 unspecified atom stereocenters. The van der Waals surface area contributed by atoms with Crippen molar-refractivity contribution in [1.29, 1.82) is 0 Å². The van der Waals surface area contributed by atoms with Gasteiger partial charge in [0.1, 0.15) is 0 Å². The molecule has 0 radical (unpaired) electrons. The Hall–Kier alpha value is -0.970. The van der Waals surface area contributed by atoms with Crippen molar-refractivity contribution in [2.45, 2.75) is 51.6 Å². The second kappa shape index (κ2) is 4.70. The van der Waals surface area contributed by atoms with E-state index in [4.69, 9.17) is 5.73 Å². The van der Waals surface area contributed by atoms with Gasteiger partial charge in [0, 0.05) is 0 Å². The van der Waals surface area contributed by atoms with E-state index < -0.39 is 0 Å². The Morgan fingerprint density at radius 1 is 1.47 bits per heavy atom. The second-order valence-electron chi connectivity index (χ2n) is 4.34. The molecule has 0 bridgehead atoms. The van der Waals surface area contributed by atoms with Gasteiger partial charge in [0.05, 0.1) is 12.6 Å². The average molecular weight is 209 g/mol. The van der Waals surface area contributed by atoms with E-state index in [2.05, 4.69) is 22.4 Å². The van der Waals surface area contributed by atoms with Crippen LogP contribution in [0.3, 0.4) is 0 Å². The van der Waals surface area contributed by atoms with Crippen molar-refractivity contribution >= 4 is 0 Å². The molecule has 0 spiro atoms. The molecule has 5 heteroatoms. The van der Waals surface area contributed by atoms with Gasteiger partial charge in [-0.2, -0.15) is 0 Å². The molecule has 2 atom stereocenters. The van der Waals surface area contributed by atoms with Crippen LogP contribution in [-0.2, 0) is 6.54 Å². The molecule has 0 aliphatic heterocycles. The average Bonchev–Trinajstić information content (AvgIpc) is 2.77. The summed E-state index contributed by atoms with van der Waals surface area (Å²) in [5, 5.41) is 11.7. The molecule has 2 rings (SSSR count). The molecule has 1 heterocycles. The summed E-state index contributed by atoms with van der Waals surface area (Å²) in [6.45, 7) is 2.69. The molecule has 1 fully saturated rings. The number of nitrogens with zero attached hydrogens (tertiary/aromatic N) is 4. The van der Waals surface area contributed by atoms with Gasteiger partial charge < -0.3 is 5.73 Å². The number of hydrogen-bond donors (Lipinski definition) is 1. The van der Waals surface area contributed by atoms with Gasteiger partial charge >= 0.3 is 0 Å². The van der Waals surface area contributed by atoms with Crippen LogP contribution in [-0.4, -0.2) is 20.2 Å². The molecule has 1 aromatic heterocycles. The quantitative estimate of drug-likeness (QED) is 0.814. The van der Waals surface area contributed by atoms with Gasteiger partial charge in [-0.3, -0.25) is 0 Å². The largest absolute Gasteiger partial charge is 0.324 e. The summed E-state index contributed by atoms with van der Waals surface area (Å²) in [6, 6.07) is 0.470. The highest BCUT2D eigenvalue weighted by Gasteiger charge is 2.24. The molecule has 1 aliphatic rings. The highest BCUT2D eigenvalue weighted by molar-refractivity contribution is 4.85. The minimum atomic E-state index is 0.431. The lowest BCUT2D eigenvalue weighted by molar-refractivity contribution is 0.241. The van der Waals surface area contributed by atoms with E-state index >= 15 is 0 Å². The van der Waals surface area contributed by atoms with Gasteiger partial charge in [-0.25, -0.2) is 4.68 Å². The predicted molar refractivity (Wildman–Crippen MR) is 57.0 cm³/mol. The summed E-state index contributed by atoms with van der Waals surface area (Å²) in [7, 11) is 0. The first kappa shape index (κ1) is 10.5. The van der Waals surface area contributed by atoms with Crippen LogP contribution >= 0.6 is 0 Å². The van der Waals surface area contributed by atoms with Crippen molar-refractivity contribution in [3.63, 3.8) is 0 Å². The number of rotatable bonds is 3. The second-order valence-corrected chi connectivity index (χ2v) is 4.34. The predicted octanol–water partition coefficient (Wildman–Crippen LogP) is 1.27. The Morgan fingerprint density at radius 3 is 3.07 bits per heavy atom. The fourth-order valence-electron chi connectivity index (χ4n) is 2.49. The third-order valence-electron chi connectivity index (χ3n) is 3.42. The smallest absolute Gasteiger partial charge is 0.165 e. The zero-order valence-electron chi connectivity index (χ0n) is 9.26. The molecule has 0 aromatic carbocycles. The van der Waals surface area contributed by atoms with Crippen molar-refractivity contribution in [2.75, 3.05) is 0 Å². The fourth-order valence-corrected chi connectivity index (χ4v) is 2.49. The van der Waals surface area contributed by atoms with Crippen LogP contribution < -0.4 is 5.73 Å². The highest BCUT2D eigenvalue weighted by atomic mass is 15.6. The van der Waals surface area contributed by atoms with E-state index in [0.717, 1.165) is 11.7 Å². The van der Waals surface area contributed by atoms with Gasteiger partial charge in [-0.15, -0.1) is 5.10 Å². The topological polar surface area (TPSA) is 69.6 Å². The first-order chi connectivity index (χ1) is 7.35. The van der Waals surface area contributed by atoms with Gasteiger partial charge in [-0.05, 0) is 29.2 Å². The number of aromatic nitrogens is 4. The normalized spacial score (nSPS) is 26.8. The molecule has 1 aliphatic carbocycles. The van der Waals surface area contributed by atoms with Gasteiger partial charge in [0.25, 0.3) is 0 Å². The van der Waals surface area contributed by atoms with Crippen molar-refractivity contribution in [1.82, 2.24) is 20.2 Å². The van der Waals surface area contributed by atoms with E-state index in [1.807, 2.05) is 4.68 Å². The van der Waals surface area contributed by atoms with Crippen LogP contribution in [0.5, 0.6) is 0 Å². The third-order valence-corrected chi connectivity index (χ3v) is 3.42. The Kier molecular flexibility index (Phi) is 3.30. The van der Waals surface area contributed by atoms with Gasteiger partial charge in [0.2, 0.25) is 0 Å². The number of nitrogens with two attached hydrogens (primary N) is 1. The van der Waals surface area contributed by atoms with Crippen molar-refractivity contribution < 1.29 is 0 Å². The van der Waals surface area contributed by atoms with Crippen LogP contribution in [0.1, 0.15) is 50.9 Å². The van der Waals surface area contributed by atoms with Gasteiger partial charge in [-0.1, -0.05) is 26.2 Å². The maximum atomic E-state index is 5.61. The Balaban J connectivity index is 2.09. The first-order valence-electron chi connectivity index (χ1n) is 5.82. The lowest BCUT2D eigenvalue weighted by atomic mass is 9.84. The van der Waals surface area contributed by atoms with Crippen molar-refractivity contribution in [3.8, 4) is 0 Å². The molecule has 1 saturated carbocycles. The van der Waals surface area contributed by atoms with Crippen LogP contribution in [0, 0.1) is 5.92 Å². The van der Waals surface area contributed by atoms with Crippen molar-refractivity contribution in [3.05, 3.63) is 5.82 Å². The molecular weight excluding hydrogens is 190 g/mol. The Bertz CT molecular complexity index is 309. The molecule has 0 saturated heterocycles. The minimum Gasteiger partial charge on any atom is -0.324 e. The van der Waals surface area contributed by atoms with Crippen LogP contribution in [0.2, 0.25) is 0 Å². The lowest BCUT2D eigenvalue weighted by Crippen LogP contribution is -2.22. The maximum absolute atomic E-state index is 5.61. The molecule has 1 aromatic rings. The van der Waals surface area contributed by atoms with Crippen LogP contribution in [0.4, 0.5) is 0 Å². The maximum Gasteiger partial charge on any atom is 0.165 e. The van der Waals surface area contributed by atoms with E-state index in [1.54, 1.807) is 0 Å². The molecule has 5 nitrogen and oxygen atoms in total. The number of hydrogen-bond acceptors (Lipinski definition) is 4. The van der Waals surface area contributed by atoms with Crippen LogP contribution in [0.15, 0.2) is 0 Å². The molecular formula is C10H19N5. The summed E-state index contributed by atoms with van der Waals surface area (Å²) in [5.41, 5.74) is 5.61.